The highest BCUT2D eigenvalue weighted by Crippen LogP contribution is 2.32. The summed E-state index contributed by atoms with van der Waals surface area (Å²) in [5.74, 6) is 0.922. The first-order chi connectivity index (χ1) is 10.3. The Hall–Kier alpha value is -1.80. The molecule has 0 aliphatic carbocycles. The van der Waals surface area contributed by atoms with Gasteiger partial charge in [-0.15, -0.1) is 0 Å². The summed E-state index contributed by atoms with van der Waals surface area (Å²) in [6, 6.07) is 14.3. The van der Waals surface area contributed by atoms with Crippen molar-refractivity contribution in [3.63, 3.8) is 0 Å². The number of hydrogen-bond donors (Lipinski definition) is 1. The lowest BCUT2D eigenvalue weighted by Crippen LogP contribution is -2.44. The van der Waals surface area contributed by atoms with E-state index in [9.17, 15) is 0 Å². The Morgan fingerprint density at radius 2 is 1.90 bits per heavy atom. The van der Waals surface area contributed by atoms with Gasteiger partial charge >= 0.3 is 0 Å². The number of piperidine rings is 1. The Bertz CT molecular complexity index is 704. The highest BCUT2D eigenvalue weighted by Gasteiger charge is 2.25. The highest BCUT2D eigenvalue weighted by molar-refractivity contribution is 5.87. The molecule has 2 aliphatic rings. The Kier molecular flexibility index (Phi) is 3.19. The Morgan fingerprint density at radius 1 is 1.05 bits per heavy atom. The molecule has 108 valence electrons. The van der Waals surface area contributed by atoms with Crippen molar-refractivity contribution in [3.8, 4) is 5.75 Å². The lowest BCUT2D eigenvalue weighted by molar-refractivity contribution is 0.348. The first kappa shape index (κ1) is 12.9. The molecule has 2 nitrogen and oxygen atoms in total. The first-order valence-corrected chi connectivity index (χ1v) is 7.87. The maximum Gasteiger partial charge on any atom is 0.119 e. The molecule has 2 aromatic rings. The third-order valence-electron chi connectivity index (χ3n) is 4.80. The van der Waals surface area contributed by atoms with Crippen LogP contribution in [-0.4, -0.2) is 19.2 Å². The average Bonchev–Trinajstić information content (AvgIpc) is 2.53. The van der Waals surface area contributed by atoms with Crippen LogP contribution in [0.3, 0.4) is 0 Å². The standard InChI is InChI=1S/C19H21NO/c1-21-19-8-7-13-9-14(5-6-15(13)12-19)16-10-17-3-2-4-18(11-16)20-17/h5-10,12,17-18,20H,2-4,11H2,1H3. The molecule has 1 N–H and O–H groups in total. The molecule has 2 atom stereocenters. The number of nitrogens with one attached hydrogen (secondary N) is 1. The van der Waals surface area contributed by atoms with Crippen molar-refractivity contribution >= 4 is 16.3 Å². The second-order valence-corrected chi connectivity index (χ2v) is 6.22. The summed E-state index contributed by atoms with van der Waals surface area (Å²) >= 11 is 0. The fourth-order valence-electron chi connectivity index (χ4n) is 3.69. The summed E-state index contributed by atoms with van der Waals surface area (Å²) in [6.45, 7) is 0. The van der Waals surface area contributed by atoms with E-state index in [1.165, 1.54) is 41.2 Å². The number of hydrogen-bond acceptors (Lipinski definition) is 2. The van der Waals surface area contributed by atoms with Crippen LogP contribution in [-0.2, 0) is 0 Å². The van der Waals surface area contributed by atoms with Gasteiger partial charge in [0.05, 0.1) is 7.11 Å². The molecule has 2 heteroatoms. The zero-order valence-corrected chi connectivity index (χ0v) is 12.4. The number of ether oxygens (including phenoxy) is 1. The predicted molar refractivity (Wildman–Crippen MR) is 87.7 cm³/mol. The minimum absolute atomic E-state index is 0.582. The summed E-state index contributed by atoms with van der Waals surface area (Å²) in [7, 11) is 1.72. The molecule has 2 aromatic carbocycles. The molecule has 0 radical (unpaired) electrons. The van der Waals surface area contributed by atoms with Crippen LogP contribution in [0.4, 0.5) is 0 Å². The van der Waals surface area contributed by atoms with Crippen LogP contribution >= 0.6 is 0 Å². The zero-order chi connectivity index (χ0) is 14.2. The predicted octanol–water partition coefficient (Wildman–Crippen LogP) is 4.15. The van der Waals surface area contributed by atoms with Crippen LogP contribution in [0.1, 0.15) is 31.2 Å². The topological polar surface area (TPSA) is 21.3 Å². The quantitative estimate of drug-likeness (QED) is 0.892. The summed E-state index contributed by atoms with van der Waals surface area (Å²) < 4.78 is 5.30. The lowest BCUT2D eigenvalue weighted by Gasteiger charge is -2.35. The third kappa shape index (κ3) is 2.44. The Labute approximate surface area is 125 Å². The largest absolute Gasteiger partial charge is 0.497 e. The number of methoxy groups -OCH3 is 1. The number of fused-ring (bicyclic) bond motifs is 3. The van der Waals surface area contributed by atoms with E-state index in [4.69, 9.17) is 4.74 Å². The van der Waals surface area contributed by atoms with Gasteiger partial charge in [0, 0.05) is 12.1 Å². The van der Waals surface area contributed by atoms with Gasteiger partial charge in [-0.25, -0.2) is 0 Å². The molecule has 2 aliphatic heterocycles. The second kappa shape index (κ2) is 5.19. The fourth-order valence-corrected chi connectivity index (χ4v) is 3.69. The van der Waals surface area contributed by atoms with E-state index in [2.05, 4.69) is 41.7 Å². The molecule has 1 saturated heterocycles. The van der Waals surface area contributed by atoms with Gasteiger partial charge in [-0.2, -0.15) is 0 Å². The van der Waals surface area contributed by atoms with Gasteiger partial charge < -0.3 is 10.1 Å². The number of benzene rings is 2. The van der Waals surface area contributed by atoms with Crippen LogP contribution < -0.4 is 10.1 Å². The maximum absolute atomic E-state index is 5.30. The molecular formula is C19H21NO. The molecule has 0 spiro atoms. The van der Waals surface area contributed by atoms with Gasteiger partial charge in [-0.1, -0.05) is 30.7 Å². The van der Waals surface area contributed by atoms with E-state index in [0.29, 0.717) is 12.1 Å². The van der Waals surface area contributed by atoms with E-state index in [1.807, 2.05) is 6.07 Å². The Morgan fingerprint density at radius 3 is 2.76 bits per heavy atom. The molecule has 2 bridgehead atoms. The van der Waals surface area contributed by atoms with Crippen molar-refractivity contribution < 1.29 is 4.74 Å². The minimum Gasteiger partial charge on any atom is -0.497 e. The molecule has 0 amide bonds. The smallest absolute Gasteiger partial charge is 0.119 e. The zero-order valence-electron chi connectivity index (χ0n) is 12.4. The van der Waals surface area contributed by atoms with Crippen molar-refractivity contribution in [2.75, 3.05) is 7.11 Å². The van der Waals surface area contributed by atoms with Crippen LogP contribution in [0.25, 0.3) is 16.3 Å². The fraction of sp³-hybridized carbons (Fsp3) is 0.368. The first-order valence-electron chi connectivity index (χ1n) is 7.87. The normalized spacial score (nSPS) is 24.7. The van der Waals surface area contributed by atoms with Crippen molar-refractivity contribution in [2.24, 2.45) is 0 Å². The summed E-state index contributed by atoms with van der Waals surface area (Å²) in [4.78, 5) is 0. The number of rotatable bonds is 2. The summed E-state index contributed by atoms with van der Waals surface area (Å²) in [6.07, 6.45) is 7.57. The van der Waals surface area contributed by atoms with Crippen molar-refractivity contribution in [1.29, 1.82) is 0 Å². The van der Waals surface area contributed by atoms with E-state index in [0.717, 1.165) is 12.2 Å². The highest BCUT2D eigenvalue weighted by atomic mass is 16.5. The molecular weight excluding hydrogens is 258 g/mol. The van der Waals surface area contributed by atoms with Crippen LogP contribution in [0, 0.1) is 0 Å². The maximum atomic E-state index is 5.30. The van der Waals surface area contributed by atoms with Crippen LogP contribution in [0.5, 0.6) is 5.75 Å². The Balaban J connectivity index is 1.72. The SMILES string of the molecule is COc1ccc2cc(C3=CC4CCCC(C3)N4)ccc2c1. The molecule has 1 fully saturated rings. The molecule has 0 aromatic heterocycles. The molecule has 2 heterocycles. The lowest BCUT2D eigenvalue weighted by atomic mass is 9.84. The van der Waals surface area contributed by atoms with Crippen LogP contribution in [0.2, 0.25) is 0 Å². The molecule has 21 heavy (non-hydrogen) atoms. The van der Waals surface area contributed by atoms with Crippen molar-refractivity contribution in [3.05, 3.63) is 48.0 Å². The monoisotopic (exact) mass is 279 g/mol. The van der Waals surface area contributed by atoms with E-state index in [-0.39, 0.29) is 0 Å². The van der Waals surface area contributed by atoms with Crippen molar-refractivity contribution in [1.82, 2.24) is 5.32 Å². The van der Waals surface area contributed by atoms with E-state index < -0.39 is 0 Å². The van der Waals surface area contributed by atoms with Gasteiger partial charge in [-0.05, 0) is 59.4 Å². The van der Waals surface area contributed by atoms with Gasteiger partial charge in [0.1, 0.15) is 5.75 Å². The molecule has 0 saturated carbocycles. The second-order valence-electron chi connectivity index (χ2n) is 6.22. The van der Waals surface area contributed by atoms with Gasteiger partial charge in [0.15, 0.2) is 0 Å². The van der Waals surface area contributed by atoms with Gasteiger partial charge in [0.25, 0.3) is 0 Å². The minimum atomic E-state index is 0.582. The molecule has 4 rings (SSSR count). The van der Waals surface area contributed by atoms with Gasteiger partial charge in [0.2, 0.25) is 0 Å². The van der Waals surface area contributed by atoms with Crippen molar-refractivity contribution in [2.45, 2.75) is 37.8 Å². The molecule has 2 unspecified atom stereocenters. The summed E-state index contributed by atoms with van der Waals surface area (Å²) in [5.41, 5.74) is 2.90. The van der Waals surface area contributed by atoms with Gasteiger partial charge in [-0.3, -0.25) is 0 Å². The average molecular weight is 279 g/mol. The van der Waals surface area contributed by atoms with E-state index >= 15 is 0 Å². The van der Waals surface area contributed by atoms with Crippen LogP contribution in [0.15, 0.2) is 42.5 Å². The third-order valence-corrected chi connectivity index (χ3v) is 4.80. The van der Waals surface area contributed by atoms with E-state index in [1.54, 1.807) is 7.11 Å². The summed E-state index contributed by atoms with van der Waals surface area (Å²) in [5, 5.41) is 6.24.